The minimum atomic E-state index is -3.24. The Kier molecular flexibility index (Phi) is 5.77. The monoisotopic (exact) mass is 414 g/mol. The van der Waals surface area contributed by atoms with Crippen molar-refractivity contribution in [3.63, 3.8) is 0 Å². The van der Waals surface area contributed by atoms with Crippen LogP contribution in [-0.2, 0) is 15.6 Å². The molecule has 0 fully saturated rings. The molecule has 0 aliphatic carbocycles. The second-order valence-corrected chi connectivity index (χ2v) is 8.36. The number of ketones is 1. The van der Waals surface area contributed by atoms with Gasteiger partial charge in [0.2, 0.25) is 0 Å². The number of halogens is 2. The first-order chi connectivity index (χ1) is 11.3. The molecule has 0 spiro atoms. The first-order valence-electron chi connectivity index (χ1n) is 7.14. The van der Waals surface area contributed by atoms with Gasteiger partial charge in [0.25, 0.3) is 0 Å². The van der Waals surface area contributed by atoms with E-state index in [1.807, 2.05) is 0 Å². The molecular formula is C17H16BrFO4S. The van der Waals surface area contributed by atoms with E-state index in [0.717, 1.165) is 0 Å². The summed E-state index contributed by atoms with van der Waals surface area (Å²) < 4.78 is 42.4. The molecule has 0 aromatic heterocycles. The number of sulfone groups is 1. The average molecular weight is 415 g/mol. The molecule has 0 unspecified atom stereocenters. The van der Waals surface area contributed by atoms with E-state index in [2.05, 4.69) is 15.9 Å². The van der Waals surface area contributed by atoms with E-state index >= 15 is 0 Å². The van der Waals surface area contributed by atoms with Crippen LogP contribution in [0, 0.1) is 5.82 Å². The predicted molar refractivity (Wildman–Crippen MR) is 93.7 cm³/mol. The quantitative estimate of drug-likeness (QED) is 0.675. The van der Waals surface area contributed by atoms with E-state index in [1.54, 1.807) is 13.0 Å². The lowest BCUT2D eigenvalue weighted by atomic mass is 10.0. The Bertz CT molecular complexity index is 861. The van der Waals surface area contributed by atoms with Gasteiger partial charge in [-0.3, -0.25) is 4.79 Å². The Morgan fingerprint density at radius 2 is 1.83 bits per heavy atom. The molecule has 2 aromatic rings. The van der Waals surface area contributed by atoms with Crippen molar-refractivity contribution >= 4 is 31.6 Å². The highest BCUT2D eigenvalue weighted by molar-refractivity contribution is 9.10. The normalized spacial score (nSPS) is 11.3. The largest absolute Gasteiger partial charge is 0.496 e. The summed E-state index contributed by atoms with van der Waals surface area (Å²) >= 11 is 3.31. The Labute approximate surface area is 148 Å². The van der Waals surface area contributed by atoms with Crippen LogP contribution in [0.2, 0.25) is 0 Å². The molecule has 0 amide bonds. The van der Waals surface area contributed by atoms with Crippen LogP contribution in [0.1, 0.15) is 28.4 Å². The number of rotatable bonds is 6. The van der Waals surface area contributed by atoms with Crippen molar-refractivity contribution in [2.24, 2.45) is 0 Å². The number of methoxy groups -OCH3 is 1. The molecule has 0 aliphatic heterocycles. The smallest absolute Gasteiger partial charge is 0.194 e. The Hall–Kier alpha value is -1.73. The highest BCUT2D eigenvalue weighted by Gasteiger charge is 2.19. The zero-order chi connectivity index (χ0) is 17.9. The molecule has 0 radical (unpaired) electrons. The number of ether oxygens (including phenoxy) is 1. The van der Waals surface area contributed by atoms with E-state index in [-0.39, 0.29) is 17.3 Å². The molecule has 4 nitrogen and oxygen atoms in total. The molecule has 0 N–H and O–H groups in total. The summed E-state index contributed by atoms with van der Waals surface area (Å²) in [4.78, 5) is 12.6. The van der Waals surface area contributed by atoms with Crippen molar-refractivity contribution in [1.29, 1.82) is 0 Å². The van der Waals surface area contributed by atoms with Crippen LogP contribution in [0.15, 0.2) is 40.9 Å². The summed E-state index contributed by atoms with van der Waals surface area (Å²) in [6.07, 6.45) is 0. The summed E-state index contributed by atoms with van der Waals surface area (Å²) in [6, 6.07) is 8.28. The maximum atomic E-state index is 13.0. The highest BCUT2D eigenvalue weighted by atomic mass is 79.9. The molecule has 7 heteroatoms. The van der Waals surface area contributed by atoms with Gasteiger partial charge < -0.3 is 4.74 Å². The van der Waals surface area contributed by atoms with Crippen LogP contribution in [0.4, 0.5) is 4.39 Å². The summed E-state index contributed by atoms with van der Waals surface area (Å²) in [5, 5.41) is 0. The van der Waals surface area contributed by atoms with E-state index in [1.165, 1.54) is 37.4 Å². The van der Waals surface area contributed by atoms with Crippen LogP contribution in [0.3, 0.4) is 0 Å². The maximum absolute atomic E-state index is 13.0. The summed E-state index contributed by atoms with van der Waals surface area (Å²) in [7, 11) is -1.83. The van der Waals surface area contributed by atoms with Gasteiger partial charge in [0.15, 0.2) is 15.6 Å². The molecule has 128 valence electrons. The Balaban J connectivity index is 2.46. The van der Waals surface area contributed by atoms with Crippen molar-refractivity contribution in [2.75, 3.05) is 12.9 Å². The van der Waals surface area contributed by atoms with Gasteiger partial charge in [-0.25, -0.2) is 12.8 Å². The van der Waals surface area contributed by atoms with Crippen LogP contribution in [-0.4, -0.2) is 27.1 Å². The number of carbonyl (C=O) groups is 1. The van der Waals surface area contributed by atoms with Crippen molar-refractivity contribution in [2.45, 2.75) is 12.7 Å². The van der Waals surface area contributed by atoms with Gasteiger partial charge in [-0.2, -0.15) is 0 Å². The molecule has 0 aliphatic rings. The molecule has 0 atom stereocenters. The zero-order valence-electron chi connectivity index (χ0n) is 13.2. The van der Waals surface area contributed by atoms with Gasteiger partial charge in [-0.05, 0) is 36.4 Å². The minimum Gasteiger partial charge on any atom is -0.496 e. The Morgan fingerprint density at radius 1 is 1.21 bits per heavy atom. The van der Waals surface area contributed by atoms with Gasteiger partial charge in [0.1, 0.15) is 11.6 Å². The van der Waals surface area contributed by atoms with Crippen molar-refractivity contribution in [3.8, 4) is 5.75 Å². The molecule has 0 saturated carbocycles. The van der Waals surface area contributed by atoms with Crippen molar-refractivity contribution < 1.29 is 22.3 Å². The molecule has 0 saturated heterocycles. The number of hydrogen-bond acceptors (Lipinski definition) is 4. The second kappa shape index (κ2) is 7.44. The third kappa shape index (κ3) is 4.21. The third-order valence-electron chi connectivity index (χ3n) is 3.54. The minimum absolute atomic E-state index is 0.0179. The van der Waals surface area contributed by atoms with Gasteiger partial charge >= 0.3 is 0 Å². The van der Waals surface area contributed by atoms with E-state index in [4.69, 9.17) is 4.74 Å². The van der Waals surface area contributed by atoms with E-state index in [0.29, 0.717) is 26.9 Å². The molecule has 2 rings (SSSR count). The van der Waals surface area contributed by atoms with Crippen LogP contribution < -0.4 is 4.74 Å². The summed E-state index contributed by atoms with van der Waals surface area (Å²) in [5.74, 6) is -0.575. The first kappa shape index (κ1) is 18.6. The second-order valence-electron chi connectivity index (χ2n) is 5.16. The van der Waals surface area contributed by atoms with Gasteiger partial charge in [0, 0.05) is 26.9 Å². The third-order valence-corrected chi connectivity index (χ3v) is 5.82. The molecule has 2 aromatic carbocycles. The van der Waals surface area contributed by atoms with Crippen LogP contribution in [0.5, 0.6) is 5.75 Å². The zero-order valence-corrected chi connectivity index (χ0v) is 15.6. The topological polar surface area (TPSA) is 60.4 Å². The lowest BCUT2D eigenvalue weighted by Gasteiger charge is -2.12. The molecule has 24 heavy (non-hydrogen) atoms. The maximum Gasteiger partial charge on any atom is 0.194 e. The lowest BCUT2D eigenvalue weighted by Crippen LogP contribution is -2.09. The Morgan fingerprint density at radius 3 is 2.38 bits per heavy atom. The average Bonchev–Trinajstić information content (AvgIpc) is 2.55. The summed E-state index contributed by atoms with van der Waals surface area (Å²) in [6.45, 7) is 1.57. The van der Waals surface area contributed by atoms with Crippen molar-refractivity contribution in [1.82, 2.24) is 0 Å². The van der Waals surface area contributed by atoms with Gasteiger partial charge in [-0.1, -0.05) is 22.9 Å². The number of hydrogen-bond donors (Lipinski definition) is 0. The number of carbonyl (C=O) groups excluding carboxylic acids is 1. The molecule has 0 heterocycles. The first-order valence-corrected chi connectivity index (χ1v) is 9.76. The molecule has 0 bridgehead atoms. The predicted octanol–water partition coefficient (Wildman–Crippen LogP) is 3.76. The van der Waals surface area contributed by atoms with Crippen molar-refractivity contribution in [3.05, 3.63) is 63.4 Å². The SMILES string of the molecule is CCS(=O)(=O)Cc1cc(Br)c(C(=O)c2ccc(F)cc2)cc1OC. The van der Waals surface area contributed by atoms with Crippen LogP contribution >= 0.6 is 15.9 Å². The standard InChI is InChI=1S/C17H16BrFO4S/c1-3-24(21,22)10-12-8-15(18)14(9-16(12)23-2)17(20)11-4-6-13(19)7-5-11/h4-9H,3,10H2,1-2H3. The van der Waals surface area contributed by atoms with Crippen LogP contribution in [0.25, 0.3) is 0 Å². The van der Waals surface area contributed by atoms with Gasteiger partial charge in [-0.15, -0.1) is 0 Å². The number of benzene rings is 2. The molecular weight excluding hydrogens is 399 g/mol. The lowest BCUT2D eigenvalue weighted by molar-refractivity contribution is 0.103. The van der Waals surface area contributed by atoms with Gasteiger partial charge in [0.05, 0.1) is 12.9 Å². The van der Waals surface area contributed by atoms with E-state index < -0.39 is 15.7 Å². The fraction of sp³-hybridized carbons (Fsp3) is 0.235. The fourth-order valence-electron chi connectivity index (χ4n) is 2.17. The summed E-state index contributed by atoms with van der Waals surface area (Å²) in [5.41, 5.74) is 1.12. The fourth-order valence-corrected chi connectivity index (χ4v) is 3.64. The van der Waals surface area contributed by atoms with E-state index in [9.17, 15) is 17.6 Å². The highest BCUT2D eigenvalue weighted by Crippen LogP contribution is 2.30.